The lowest BCUT2D eigenvalue weighted by atomic mass is 9.94. The Bertz CT molecular complexity index is 373. The lowest BCUT2D eigenvalue weighted by Gasteiger charge is -2.31. The standard InChI is InChI=1S/C14H25N3/c1-5-13-6-8-17(9-7-13)10-14-11(2)15-16(4)12(14)3/h13H,5-10H2,1-4H3. The number of aromatic nitrogens is 2. The molecule has 0 amide bonds. The monoisotopic (exact) mass is 235 g/mol. The summed E-state index contributed by atoms with van der Waals surface area (Å²) < 4.78 is 2.00. The number of likely N-dealkylation sites (tertiary alicyclic amines) is 1. The molecule has 3 nitrogen and oxygen atoms in total. The molecule has 0 saturated carbocycles. The Morgan fingerprint density at radius 1 is 1.24 bits per heavy atom. The fraction of sp³-hybridized carbons (Fsp3) is 0.786. The second kappa shape index (κ2) is 5.21. The minimum absolute atomic E-state index is 0.961. The molecule has 0 N–H and O–H groups in total. The lowest BCUT2D eigenvalue weighted by molar-refractivity contribution is 0.174. The third-order valence-electron chi connectivity index (χ3n) is 4.33. The van der Waals surface area contributed by atoms with Crippen molar-refractivity contribution in [3.05, 3.63) is 17.0 Å². The van der Waals surface area contributed by atoms with E-state index in [9.17, 15) is 0 Å². The maximum absolute atomic E-state index is 4.50. The van der Waals surface area contributed by atoms with Gasteiger partial charge in [-0.3, -0.25) is 9.58 Å². The van der Waals surface area contributed by atoms with Crippen LogP contribution in [0, 0.1) is 19.8 Å². The van der Waals surface area contributed by atoms with E-state index in [1.165, 1.54) is 49.3 Å². The first kappa shape index (κ1) is 12.6. The van der Waals surface area contributed by atoms with Gasteiger partial charge in [-0.2, -0.15) is 5.10 Å². The van der Waals surface area contributed by atoms with Gasteiger partial charge in [-0.05, 0) is 45.7 Å². The first-order chi connectivity index (χ1) is 8.11. The zero-order valence-corrected chi connectivity index (χ0v) is 11.7. The van der Waals surface area contributed by atoms with Crippen LogP contribution in [0.25, 0.3) is 0 Å². The van der Waals surface area contributed by atoms with Crippen molar-refractivity contribution in [2.45, 2.75) is 46.6 Å². The van der Waals surface area contributed by atoms with Crippen LogP contribution in [0.15, 0.2) is 0 Å². The van der Waals surface area contributed by atoms with Gasteiger partial charge in [-0.15, -0.1) is 0 Å². The number of nitrogens with zero attached hydrogens (tertiary/aromatic N) is 3. The maximum Gasteiger partial charge on any atom is 0.0641 e. The molecule has 1 fully saturated rings. The van der Waals surface area contributed by atoms with Crippen molar-refractivity contribution in [2.24, 2.45) is 13.0 Å². The molecule has 2 rings (SSSR count). The van der Waals surface area contributed by atoms with Crippen LogP contribution in [0.5, 0.6) is 0 Å². The van der Waals surface area contributed by atoms with Gasteiger partial charge in [0.05, 0.1) is 5.69 Å². The smallest absolute Gasteiger partial charge is 0.0641 e. The highest BCUT2D eigenvalue weighted by Gasteiger charge is 2.20. The summed E-state index contributed by atoms with van der Waals surface area (Å²) in [6, 6.07) is 0. The number of hydrogen-bond acceptors (Lipinski definition) is 2. The maximum atomic E-state index is 4.50. The summed E-state index contributed by atoms with van der Waals surface area (Å²) >= 11 is 0. The van der Waals surface area contributed by atoms with E-state index in [2.05, 4.69) is 30.8 Å². The van der Waals surface area contributed by atoms with Gasteiger partial charge in [0.15, 0.2) is 0 Å². The molecule has 1 aliphatic heterocycles. The Balaban J connectivity index is 1.98. The first-order valence-corrected chi connectivity index (χ1v) is 6.83. The van der Waals surface area contributed by atoms with Gasteiger partial charge in [0.25, 0.3) is 0 Å². The quantitative estimate of drug-likeness (QED) is 0.803. The highest BCUT2D eigenvalue weighted by Crippen LogP contribution is 2.23. The highest BCUT2D eigenvalue weighted by molar-refractivity contribution is 5.24. The van der Waals surface area contributed by atoms with Gasteiger partial charge in [-0.25, -0.2) is 0 Å². The molecule has 0 unspecified atom stereocenters. The zero-order chi connectivity index (χ0) is 12.4. The van der Waals surface area contributed by atoms with Crippen LogP contribution in [-0.2, 0) is 13.6 Å². The molecule has 2 heterocycles. The molecule has 0 atom stereocenters. The summed E-state index contributed by atoms with van der Waals surface area (Å²) in [5.74, 6) is 0.961. The molecule has 1 aromatic rings. The van der Waals surface area contributed by atoms with Gasteiger partial charge in [-0.1, -0.05) is 13.3 Å². The Kier molecular flexibility index (Phi) is 3.87. The summed E-state index contributed by atoms with van der Waals surface area (Å²) in [4.78, 5) is 2.59. The molecule has 3 heteroatoms. The molecule has 0 aliphatic carbocycles. The van der Waals surface area contributed by atoms with Crippen molar-refractivity contribution >= 4 is 0 Å². The van der Waals surface area contributed by atoms with Gasteiger partial charge in [0.2, 0.25) is 0 Å². The normalized spacial score (nSPS) is 18.8. The number of rotatable bonds is 3. The minimum atomic E-state index is 0.961. The summed E-state index contributed by atoms with van der Waals surface area (Å²) in [5, 5.41) is 4.50. The molecule has 0 radical (unpaired) electrons. The highest BCUT2D eigenvalue weighted by atomic mass is 15.3. The summed E-state index contributed by atoms with van der Waals surface area (Å²) in [7, 11) is 2.04. The molecule has 17 heavy (non-hydrogen) atoms. The second-order valence-corrected chi connectivity index (χ2v) is 5.40. The van der Waals surface area contributed by atoms with Gasteiger partial charge in [0.1, 0.15) is 0 Å². The van der Waals surface area contributed by atoms with Crippen LogP contribution in [0.2, 0.25) is 0 Å². The molecular weight excluding hydrogens is 210 g/mol. The number of piperidine rings is 1. The predicted octanol–water partition coefficient (Wildman–Crippen LogP) is 2.66. The molecule has 0 spiro atoms. The van der Waals surface area contributed by atoms with Crippen molar-refractivity contribution in [2.75, 3.05) is 13.1 Å². The summed E-state index contributed by atoms with van der Waals surface area (Å²) in [6.45, 7) is 10.2. The van der Waals surface area contributed by atoms with E-state index >= 15 is 0 Å². The van der Waals surface area contributed by atoms with E-state index in [1.807, 2.05) is 11.7 Å². The third-order valence-corrected chi connectivity index (χ3v) is 4.33. The Morgan fingerprint density at radius 3 is 2.35 bits per heavy atom. The average Bonchev–Trinajstić information content (AvgIpc) is 2.57. The van der Waals surface area contributed by atoms with E-state index in [0.717, 1.165) is 12.5 Å². The predicted molar refractivity (Wildman–Crippen MR) is 71.0 cm³/mol. The molecule has 96 valence electrons. The molecule has 0 bridgehead atoms. The lowest BCUT2D eigenvalue weighted by Crippen LogP contribution is -2.33. The van der Waals surface area contributed by atoms with Crippen LogP contribution >= 0.6 is 0 Å². The van der Waals surface area contributed by atoms with E-state index < -0.39 is 0 Å². The Morgan fingerprint density at radius 2 is 1.88 bits per heavy atom. The van der Waals surface area contributed by atoms with Crippen LogP contribution < -0.4 is 0 Å². The average molecular weight is 235 g/mol. The van der Waals surface area contributed by atoms with E-state index in [4.69, 9.17) is 0 Å². The molecule has 1 aliphatic rings. The van der Waals surface area contributed by atoms with Gasteiger partial charge < -0.3 is 0 Å². The molecule has 1 saturated heterocycles. The van der Waals surface area contributed by atoms with E-state index in [1.54, 1.807) is 0 Å². The van der Waals surface area contributed by atoms with Gasteiger partial charge in [0, 0.05) is 24.8 Å². The SMILES string of the molecule is CCC1CCN(Cc2c(C)nn(C)c2C)CC1. The molecule has 0 aromatic carbocycles. The zero-order valence-electron chi connectivity index (χ0n) is 11.7. The van der Waals surface area contributed by atoms with Crippen molar-refractivity contribution < 1.29 is 0 Å². The van der Waals surface area contributed by atoms with Crippen LogP contribution in [0.3, 0.4) is 0 Å². The Labute approximate surface area is 105 Å². The van der Waals surface area contributed by atoms with E-state index in [0.29, 0.717) is 0 Å². The third kappa shape index (κ3) is 2.71. The van der Waals surface area contributed by atoms with Crippen LogP contribution in [-0.4, -0.2) is 27.8 Å². The fourth-order valence-corrected chi connectivity index (χ4v) is 2.82. The largest absolute Gasteiger partial charge is 0.299 e. The van der Waals surface area contributed by atoms with Crippen LogP contribution in [0.4, 0.5) is 0 Å². The van der Waals surface area contributed by atoms with Crippen molar-refractivity contribution in [1.82, 2.24) is 14.7 Å². The Hall–Kier alpha value is -0.830. The van der Waals surface area contributed by atoms with Crippen molar-refractivity contribution in [3.8, 4) is 0 Å². The number of aryl methyl sites for hydroxylation is 2. The second-order valence-electron chi connectivity index (χ2n) is 5.40. The molecular formula is C14H25N3. The van der Waals surface area contributed by atoms with Crippen molar-refractivity contribution in [3.63, 3.8) is 0 Å². The van der Waals surface area contributed by atoms with Crippen molar-refractivity contribution in [1.29, 1.82) is 0 Å². The van der Waals surface area contributed by atoms with Gasteiger partial charge >= 0.3 is 0 Å². The summed E-state index contributed by atoms with van der Waals surface area (Å²) in [5.41, 5.74) is 3.95. The topological polar surface area (TPSA) is 21.1 Å². The molecule has 1 aromatic heterocycles. The van der Waals surface area contributed by atoms with Crippen LogP contribution in [0.1, 0.15) is 43.1 Å². The fourth-order valence-electron chi connectivity index (χ4n) is 2.82. The number of hydrogen-bond donors (Lipinski definition) is 0. The summed E-state index contributed by atoms with van der Waals surface area (Å²) in [6.07, 6.45) is 4.09. The first-order valence-electron chi connectivity index (χ1n) is 6.83. The van der Waals surface area contributed by atoms with E-state index in [-0.39, 0.29) is 0 Å². The minimum Gasteiger partial charge on any atom is -0.299 e.